The van der Waals surface area contributed by atoms with Crippen LogP contribution in [0, 0.1) is 0 Å². The van der Waals surface area contributed by atoms with Crippen LogP contribution in [0.1, 0.15) is 41.6 Å². The number of thiophene rings is 1. The van der Waals surface area contributed by atoms with E-state index < -0.39 is 0 Å². The summed E-state index contributed by atoms with van der Waals surface area (Å²) >= 11 is 5.35. The standard InChI is InChI=1S/C16H20BrNOS/c1-3-9-19-14-7-5-11(10-13(14)17)16(18)15-8-6-12(4-2)20-15/h5-8,10,16H,3-4,9,18H2,1-2H3. The van der Waals surface area contributed by atoms with Crippen molar-refractivity contribution in [3.8, 4) is 5.75 Å². The average molecular weight is 354 g/mol. The molecule has 1 unspecified atom stereocenters. The largest absolute Gasteiger partial charge is 0.492 e. The molecule has 0 spiro atoms. The maximum atomic E-state index is 6.35. The summed E-state index contributed by atoms with van der Waals surface area (Å²) < 4.78 is 6.63. The van der Waals surface area contributed by atoms with E-state index in [4.69, 9.17) is 10.5 Å². The van der Waals surface area contributed by atoms with Crippen molar-refractivity contribution in [3.63, 3.8) is 0 Å². The molecule has 4 heteroatoms. The Kier molecular flexibility index (Phi) is 5.64. The van der Waals surface area contributed by atoms with E-state index in [1.54, 1.807) is 11.3 Å². The Labute approximate surface area is 133 Å². The number of halogens is 1. The number of rotatable bonds is 6. The predicted molar refractivity (Wildman–Crippen MR) is 89.7 cm³/mol. The van der Waals surface area contributed by atoms with Gasteiger partial charge in [0.2, 0.25) is 0 Å². The van der Waals surface area contributed by atoms with E-state index in [1.165, 1.54) is 9.75 Å². The summed E-state index contributed by atoms with van der Waals surface area (Å²) in [6, 6.07) is 10.3. The normalized spacial score (nSPS) is 12.4. The third-order valence-corrected chi connectivity index (χ3v) is 5.05. The molecule has 2 rings (SSSR count). The molecule has 0 bridgehead atoms. The van der Waals surface area contributed by atoms with Crippen LogP contribution in [0.4, 0.5) is 0 Å². The van der Waals surface area contributed by atoms with Gasteiger partial charge in [0, 0.05) is 9.75 Å². The van der Waals surface area contributed by atoms with Crippen molar-refractivity contribution in [2.75, 3.05) is 6.61 Å². The van der Waals surface area contributed by atoms with Crippen molar-refractivity contribution in [1.82, 2.24) is 0 Å². The minimum Gasteiger partial charge on any atom is -0.492 e. The first kappa shape index (κ1) is 15.5. The van der Waals surface area contributed by atoms with Crippen LogP contribution in [0.2, 0.25) is 0 Å². The summed E-state index contributed by atoms with van der Waals surface area (Å²) in [7, 11) is 0. The molecule has 1 aromatic heterocycles. The van der Waals surface area contributed by atoms with Crippen LogP contribution in [-0.2, 0) is 6.42 Å². The van der Waals surface area contributed by atoms with Crippen molar-refractivity contribution in [3.05, 3.63) is 50.1 Å². The van der Waals surface area contributed by atoms with Crippen LogP contribution in [0.15, 0.2) is 34.8 Å². The van der Waals surface area contributed by atoms with Gasteiger partial charge in [-0.05, 0) is 58.6 Å². The number of hydrogen-bond donors (Lipinski definition) is 1. The second-order valence-corrected chi connectivity index (χ2v) is 6.73. The van der Waals surface area contributed by atoms with Gasteiger partial charge in [-0.1, -0.05) is 19.9 Å². The van der Waals surface area contributed by atoms with Gasteiger partial charge in [0.25, 0.3) is 0 Å². The van der Waals surface area contributed by atoms with Gasteiger partial charge in [0.1, 0.15) is 5.75 Å². The molecule has 0 aliphatic heterocycles. The first-order valence-corrected chi connectivity index (χ1v) is 8.53. The van der Waals surface area contributed by atoms with Crippen molar-refractivity contribution in [1.29, 1.82) is 0 Å². The molecule has 0 aliphatic rings. The zero-order valence-corrected chi connectivity index (χ0v) is 14.3. The van der Waals surface area contributed by atoms with Gasteiger partial charge in [-0.15, -0.1) is 11.3 Å². The van der Waals surface area contributed by atoms with Crippen LogP contribution in [0.3, 0.4) is 0 Å². The van der Waals surface area contributed by atoms with Crippen LogP contribution in [-0.4, -0.2) is 6.61 Å². The van der Waals surface area contributed by atoms with E-state index in [2.05, 4.69) is 48.0 Å². The lowest BCUT2D eigenvalue weighted by Crippen LogP contribution is -2.10. The molecule has 0 aliphatic carbocycles. The fourth-order valence-corrected chi connectivity index (χ4v) is 3.45. The topological polar surface area (TPSA) is 35.2 Å². The molecule has 2 N–H and O–H groups in total. The molecule has 2 aromatic rings. The summed E-state index contributed by atoms with van der Waals surface area (Å²) in [5.74, 6) is 0.878. The maximum Gasteiger partial charge on any atom is 0.133 e. The molecule has 20 heavy (non-hydrogen) atoms. The third kappa shape index (κ3) is 3.62. The highest BCUT2D eigenvalue weighted by molar-refractivity contribution is 9.10. The summed E-state index contributed by atoms with van der Waals surface area (Å²) in [6.45, 7) is 4.99. The highest BCUT2D eigenvalue weighted by atomic mass is 79.9. The van der Waals surface area contributed by atoms with E-state index in [0.717, 1.165) is 35.2 Å². The average Bonchev–Trinajstić information content (AvgIpc) is 2.94. The Morgan fingerprint density at radius 3 is 2.65 bits per heavy atom. The van der Waals surface area contributed by atoms with Gasteiger partial charge in [0.15, 0.2) is 0 Å². The summed E-state index contributed by atoms with van der Waals surface area (Å²) in [5, 5.41) is 0. The molecule has 0 radical (unpaired) electrons. The van der Waals surface area contributed by atoms with Gasteiger partial charge >= 0.3 is 0 Å². The van der Waals surface area contributed by atoms with E-state index >= 15 is 0 Å². The molecule has 1 aromatic carbocycles. The molecule has 0 amide bonds. The lowest BCUT2D eigenvalue weighted by atomic mass is 10.1. The summed E-state index contributed by atoms with van der Waals surface area (Å²) in [4.78, 5) is 2.58. The van der Waals surface area contributed by atoms with Crippen LogP contribution in [0.25, 0.3) is 0 Å². The highest BCUT2D eigenvalue weighted by Gasteiger charge is 2.13. The lowest BCUT2D eigenvalue weighted by molar-refractivity contribution is 0.315. The Morgan fingerprint density at radius 2 is 2.05 bits per heavy atom. The van der Waals surface area contributed by atoms with E-state index in [-0.39, 0.29) is 6.04 Å². The van der Waals surface area contributed by atoms with Gasteiger partial charge in [-0.3, -0.25) is 0 Å². The van der Waals surface area contributed by atoms with Gasteiger partial charge < -0.3 is 10.5 Å². The predicted octanol–water partition coefficient (Wildman–Crippen LogP) is 4.91. The first-order chi connectivity index (χ1) is 9.65. The molecule has 0 fully saturated rings. The minimum atomic E-state index is -0.0724. The monoisotopic (exact) mass is 353 g/mol. The van der Waals surface area contributed by atoms with Crippen LogP contribution in [0.5, 0.6) is 5.75 Å². The molecule has 0 saturated heterocycles. The third-order valence-electron chi connectivity index (χ3n) is 3.11. The van der Waals surface area contributed by atoms with Crippen molar-refractivity contribution >= 4 is 27.3 Å². The number of hydrogen-bond acceptors (Lipinski definition) is 3. The fraction of sp³-hybridized carbons (Fsp3) is 0.375. The second kappa shape index (κ2) is 7.25. The van der Waals surface area contributed by atoms with Gasteiger partial charge in [-0.2, -0.15) is 0 Å². The van der Waals surface area contributed by atoms with Crippen LogP contribution < -0.4 is 10.5 Å². The zero-order valence-electron chi connectivity index (χ0n) is 11.9. The van der Waals surface area contributed by atoms with E-state index in [9.17, 15) is 0 Å². The summed E-state index contributed by atoms with van der Waals surface area (Å²) in [5.41, 5.74) is 7.45. The van der Waals surface area contributed by atoms with Crippen molar-refractivity contribution in [2.45, 2.75) is 32.7 Å². The first-order valence-electron chi connectivity index (χ1n) is 6.92. The Hall–Kier alpha value is -0.840. The minimum absolute atomic E-state index is 0.0724. The Bertz CT molecular complexity index is 567. The molecular formula is C16H20BrNOS. The maximum absolute atomic E-state index is 6.35. The number of aryl methyl sites for hydroxylation is 1. The second-order valence-electron chi connectivity index (χ2n) is 4.67. The lowest BCUT2D eigenvalue weighted by Gasteiger charge is -2.13. The number of benzene rings is 1. The molecule has 1 atom stereocenters. The molecule has 0 saturated carbocycles. The van der Waals surface area contributed by atoms with Gasteiger partial charge in [0.05, 0.1) is 17.1 Å². The van der Waals surface area contributed by atoms with Crippen LogP contribution >= 0.6 is 27.3 Å². The zero-order chi connectivity index (χ0) is 14.5. The van der Waals surface area contributed by atoms with E-state index in [0.29, 0.717) is 0 Å². The Balaban J connectivity index is 2.17. The van der Waals surface area contributed by atoms with Crippen molar-refractivity contribution < 1.29 is 4.74 Å². The van der Waals surface area contributed by atoms with E-state index in [1.807, 2.05) is 12.1 Å². The smallest absolute Gasteiger partial charge is 0.133 e. The Morgan fingerprint density at radius 1 is 1.25 bits per heavy atom. The number of nitrogens with two attached hydrogens (primary N) is 1. The molecule has 108 valence electrons. The summed E-state index contributed by atoms with van der Waals surface area (Å²) in [6.07, 6.45) is 2.06. The van der Waals surface area contributed by atoms with Gasteiger partial charge in [-0.25, -0.2) is 0 Å². The SMILES string of the molecule is CCCOc1ccc(C(N)c2ccc(CC)s2)cc1Br. The molecule has 1 heterocycles. The number of ether oxygens (including phenoxy) is 1. The molecule has 2 nitrogen and oxygen atoms in total. The van der Waals surface area contributed by atoms with Crippen molar-refractivity contribution in [2.24, 2.45) is 5.73 Å². The fourth-order valence-electron chi connectivity index (χ4n) is 1.96. The highest BCUT2D eigenvalue weighted by Crippen LogP contribution is 2.32. The quantitative estimate of drug-likeness (QED) is 0.800. The molecular weight excluding hydrogens is 334 g/mol.